The van der Waals surface area contributed by atoms with Crippen LogP contribution in [0.15, 0.2) is 36.7 Å². The summed E-state index contributed by atoms with van der Waals surface area (Å²) in [5.41, 5.74) is 1.91. The van der Waals surface area contributed by atoms with Crippen molar-refractivity contribution < 1.29 is 18.4 Å². The van der Waals surface area contributed by atoms with Gasteiger partial charge in [0.25, 0.3) is 0 Å². The van der Waals surface area contributed by atoms with Crippen LogP contribution in [0.2, 0.25) is 0 Å². The minimum atomic E-state index is -1.04. The van der Waals surface area contributed by atoms with Crippen molar-refractivity contribution in [2.45, 2.75) is 38.0 Å². The number of H-pyrrole nitrogens is 1. The fourth-order valence-electron chi connectivity index (χ4n) is 3.71. The van der Waals surface area contributed by atoms with Gasteiger partial charge in [-0.15, -0.1) is 0 Å². The van der Waals surface area contributed by atoms with E-state index in [0.717, 1.165) is 30.7 Å². The molecule has 2 heterocycles. The van der Waals surface area contributed by atoms with E-state index in [2.05, 4.69) is 20.6 Å². The van der Waals surface area contributed by atoms with E-state index in [1.807, 2.05) is 6.07 Å². The molecular weight excluding hydrogens is 378 g/mol. The number of rotatable bonds is 3. The molecule has 150 valence electrons. The standard InChI is InChI=1S/C21H20F2N4O2/c22-15-8-14-18(9-16(15)23)25-11-19(14)27-21(29)20(28)26-13-6-7-17(24-10-13)12-4-2-1-3-5-12/h6-12,25H,1-5H2,(H,26,28)(H,27,29). The number of aromatic amines is 1. The number of pyridine rings is 1. The molecule has 8 heteroatoms. The van der Waals surface area contributed by atoms with Crippen molar-refractivity contribution >= 4 is 34.1 Å². The number of benzene rings is 1. The average Bonchev–Trinajstić information content (AvgIpc) is 3.11. The fraction of sp³-hybridized carbons (Fsp3) is 0.286. The van der Waals surface area contributed by atoms with Crippen LogP contribution in [-0.4, -0.2) is 21.8 Å². The molecule has 0 saturated heterocycles. The van der Waals surface area contributed by atoms with E-state index in [4.69, 9.17) is 0 Å². The van der Waals surface area contributed by atoms with Gasteiger partial charge in [0, 0.05) is 29.3 Å². The molecule has 2 amide bonds. The van der Waals surface area contributed by atoms with Crippen molar-refractivity contribution in [3.8, 4) is 0 Å². The zero-order valence-corrected chi connectivity index (χ0v) is 15.6. The van der Waals surface area contributed by atoms with Crippen molar-refractivity contribution in [3.05, 3.63) is 54.0 Å². The summed E-state index contributed by atoms with van der Waals surface area (Å²) < 4.78 is 26.8. The van der Waals surface area contributed by atoms with E-state index in [1.54, 1.807) is 12.3 Å². The highest BCUT2D eigenvalue weighted by Gasteiger charge is 2.19. The van der Waals surface area contributed by atoms with Gasteiger partial charge in [-0.3, -0.25) is 14.6 Å². The van der Waals surface area contributed by atoms with Gasteiger partial charge in [0.2, 0.25) is 0 Å². The Morgan fingerprint density at radius 3 is 2.45 bits per heavy atom. The Bertz CT molecular complexity index is 1060. The first-order chi connectivity index (χ1) is 14.0. The van der Waals surface area contributed by atoms with Gasteiger partial charge in [-0.25, -0.2) is 8.78 Å². The predicted octanol–water partition coefficient (Wildman–Crippen LogP) is 4.47. The lowest BCUT2D eigenvalue weighted by molar-refractivity contribution is -0.132. The van der Waals surface area contributed by atoms with Crippen molar-refractivity contribution in [3.63, 3.8) is 0 Å². The molecule has 1 aliphatic carbocycles. The summed E-state index contributed by atoms with van der Waals surface area (Å²) >= 11 is 0. The maximum Gasteiger partial charge on any atom is 0.314 e. The summed E-state index contributed by atoms with van der Waals surface area (Å²) in [6.07, 6.45) is 8.82. The zero-order chi connectivity index (χ0) is 20.4. The maximum atomic E-state index is 13.5. The first-order valence-corrected chi connectivity index (χ1v) is 9.55. The van der Waals surface area contributed by atoms with Crippen LogP contribution < -0.4 is 10.6 Å². The van der Waals surface area contributed by atoms with Gasteiger partial charge in [-0.2, -0.15) is 0 Å². The number of nitrogens with one attached hydrogen (secondary N) is 3. The molecule has 29 heavy (non-hydrogen) atoms. The van der Waals surface area contributed by atoms with Crippen LogP contribution in [-0.2, 0) is 9.59 Å². The van der Waals surface area contributed by atoms with Gasteiger partial charge in [0.15, 0.2) is 11.6 Å². The molecule has 0 atom stereocenters. The van der Waals surface area contributed by atoms with Gasteiger partial charge in [-0.05, 0) is 31.0 Å². The summed E-state index contributed by atoms with van der Waals surface area (Å²) in [5.74, 6) is -3.40. The van der Waals surface area contributed by atoms with Crippen LogP contribution in [0.4, 0.5) is 20.2 Å². The SMILES string of the molecule is O=C(Nc1ccc(C2CCCCC2)nc1)C(=O)Nc1c[nH]c2cc(F)c(F)cc12. The van der Waals surface area contributed by atoms with Gasteiger partial charge in [-0.1, -0.05) is 19.3 Å². The Kier molecular flexibility index (Phi) is 5.24. The van der Waals surface area contributed by atoms with Crippen molar-refractivity contribution in [2.75, 3.05) is 10.6 Å². The molecule has 3 aromatic rings. The number of hydrogen-bond acceptors (Lipinski definition) is 3. The van der Waals surface area contributed by atoms with E-state index in [9.17, 15) is 18.4 Å². The van der Waals surface area contributed by atoms with Crippen LogP contribution in [0.5, 0.6) is 0 Å². The lowest BCUT2D eigenvalue weighted by atomic mass is 9.87. The van der Waals surface area contributed by atoms with Crippen molar-refractivity contribution in [1.29, 1.82) is 0 Å². The molecule has 4 rings (SSSR count). The number of fused-ring (bicyclic) bond motifs is 1. The number of amides is 2. The number of nitrogens with zero attached hydrogens (tertiary/aromatic N) is 1. The van der Waals surface area contributed by atoms with E-state index in [1.165, 1.54) is 25.5 Å². The molecule has 1 aromatic carbocycles. The minimum Gasteiger partial charge on any atom is -0.359 e. The maximum absolute atomic E-state index is 13.5. The molecule has 1 saturated carbocycles. The normalized spacial score (nSPS) is 14.7. The molecule has 0 bridgehead atoms. The van der Waals surface area contributed by atoms with Crippen LogP contribution in [0.25, 0.3) is 10.9 Å². The molecule has 0 aliphatic heterocycles. The van der Waals surface area contributed by atoms with Gasteiger partial charge in [0.05, 0.1) is 23.1 Å². The summed E-state index contributed by atoms with van der Waals surface area (Å²) in [6, 6.07) is 5.55. The summed E-state index contributed by atoms with van der Waals surface area (Å²) in [4.78, 5) is 31.5. The highest BCUT2D eigenvalue weighted by Crippen LogP contribution is 2.31. The molecule has 3 N–H and O–H groups in total. The van der Waals surface area contributed by atoms with Crippen molar-refractivity contribution in [2.24, 2.45) is 0 Å². The second-order valence-corrected chi connectivity index (χ2v) is 7.23. The number of anilines is 2. The van der Waals surface area contributed by atoms with E-state index in [-0.39, 0.29) is 11.1 Å². The fourth-order valence-corrected chi connectivity index (χ4v) is 3.71. The summed E-state index contributed by atoms with van der Waals surface area (Å²) in [7, 11) is 0. The second kappa shape index (κ2) is 7.98. The highest BCUT2D eigenvalue weighted by molar-refractivity contribution is 6.44. The van der Waals surface area contributed by atoms with Crippen LogP contribution >= 0.6 is 0 Å². The largest absolute Gasteiger partial charge is 0.359 e. The third-order valence-electron chi connectivity index (χ3n) is 5.24. The lowest BCUT2D eigenvalue weighted by Gasteiger charge is -2.21. The molecule has 0 radical (unpaired) electrons. The number of aromatic nitrogens is 2. The van der Waals surface area contributed by atoms with Crippen LogP contribution in [0.1, 0.15) is 43.7 Å². The zero-order valence-electron chi connectivity index (χ0n) is 15.6. The third kappa shape index (κ3) is 4.11. The first kappa shape index (κ1) is 19.0. The Morgan fingerprint density at radius 1 is 1.00 bits per heavy atom. The van der Waals surface area contributed by atoms with Crippen LogP contribution in [0, 0.1) is 11.6 Å². The van der Waals surface area contributed by atoms with E-state index in [0.29, 0.717) is 17.1 Å². The predicted molar refractivity (Wildman–Crippen MR) is 106 cm³/mol. The van der Waals surface area contributed by atoms with E-state index < -0.39 is 23.4 Å². The molecule has 0 spiro atoms. The van der Waals surface area contributed by atoms with Crippen molar-refractivity contribution in [1.82, 2.24) is 9.97 Å². The van der Waals surface area contributed by atoms with Gasteiger partial charge >= 0.3 is 11.8 Å². The van der Waals surface area contributed by atoms with E-state index >= 15 is 0 Å². The Labute approximate surface area is 165 Å². The molecule has 0 unspecified atom stereocenters. The number of hydrogen-bond donors (Lipinski definition) is 3. The molecule has 6 nitrogen and oxygen atoms in total. The number of halogens is 2. The topological polar surface area (TPSA) is 86.9 Å². The smallest absolute Gasteiger partial charge is 0.314 e. The third-order valence-corrected chi connectivity index (χ3v) is 5.24. The Balaban J connectivity index is 1.41. The molecular formula is C21H20F2N4O2. The Morgan fingerprint density at radius 2 is 1.72 bits per heavy atom. The van der Waals surface area contributed by atoms with Gasteiger partial charge in [0.1, 0.15) is 0 Å². The summed E-state index contributed by atoms with van der Waals surface area (Å²) in [5, 5.41) is 5.17. The Hall–Kier alpha value is -3.29. The quantitative estimate of drug-likeness (QED) is 0.569. The average molecular weight is 398 g/mol. The van der Waals surface area contributed by atoms with Gasteiger partial charge < -0.3 is 15.6 Å². The summed E-state index contributed by atoms with van der Waals surface area (Å²) in [6.45, 7) is 0. The molecule has 1 aliphatic rings. The lowest BCUT2D eigenvalue weighted by Crippen LogP contribution is -2.29. The monoisotopic (exact) mass is 398 g/mol. The molecule has 1 fully saturated rings. The second-order valence-electron chi connectivity index (χ2n) is 7.23. The molecule has 2 aromatic heterocycles. The number of carbonyl (C=O) groups excluding carboxylic acids is 2. The highest BCUT2D eigenvalue weighted by atomic mass is 19.2. The first-order valence-electron chi connectivity index (χ1n) is 9.55. The minimum absolute atomic E-state index is 0.185. The number of carbonyl (C=O) groups is 2. The van der Waals surface area contributed by atoms with Crippen LogP contribution in [0.3, 0.4) is 0 Å².